The van der Waals surface area contributed by atoms with Gasteiger partial charge in [0.25, 0.3) is 0 Å². The minimum Gasteiger partial charge on any atom is -0.380 e. The lowest BCUT2D eigenvalue weighted by Gasteiger charge is -2.42. The van der Waals surface area contributed by atoms with E-state index in [-0.39, 0.29) is 0 Å². The van der Waals surface area contributed by atoms with Gasteiger partial charge in [-0.15, -0.1) is 0 Å². The Morgan fingerprint density at radius 1 is 1.30 bits per heavy atom. The Kier molecular flexibility index (Phi) is 6.31. The number of hydrogen-bond donors (Lipinski definition) is 1. The molecule has 1 N–H and O–H groups in total. The van der Waals surface area contributed by atoms with Crippen LogP contribution in [-0.4, -0.2) is 51.8 Å². The Hall–Kier alpha value is -0.120. The van der Waals surface area contributed by atoms with Crippen molar-refractivity contribution in [1.82, 2.24) is 10.2 Å². The van der Waals surface area contributed by atoms with Crippen LogP contribution in [-0.2, 0) is 4.74 Å². The third kappa shape index (κ3) is 5.34. The van der Waals surface area contributed by atoms with E-state index in [0.717, 1.165) is 38.1 Å². The fraction of sp³-hybridized carbons (Fsp3) is 1.00. The molecule has 3 heteroatoms. The minimum atomic E-state index is 0.484. The van der Waals surface area contributed by atoms with Crippen molar-refractivity contribution in [2.75, 3.05) is 46.9 Å². The van der Waals surface area contributed by atoms with E-state index in [0.29, 0.717) is 5.41 Å². The molecule has 2 aliphatic rings. The van der Waals surface area contributed by atoms with Gasteiger partial charge >= 0.3 is 0 Å². The summed E-state index contributed by atoms with van der Waals surface area (Å²) in [6.45, 7) is 7.76. The quantitative estimate of drug-likeness (QED) is 0.658. The van der Waals surface area contributed by atoms with Gasteiger partial charge in [0.1, 0.15) is 0 Å². The Bertz CT molecular complexity index is 276. The van der Waals surface area contributed by atoms with Crippen molar-refractivity contribution in [3.05, 3.63) is 0 Å². The summed E-state index contributed by atoms with van der Waals surface area (Å²) in [6, 6.07) is 0. The van der Waals surface area contributed by atoms with Crippen LogP contribution in [0.25, 0.3) is 0 Å². The summed E-state index contributed by atoms with van der Waals surface area (Å²) in [7, 11) is 4.36. The summed E-state index contributed by atoms with van der Waals surface area (Å²) < 4.78 is 5.77. The second-order valence-corrected chi connectivity index (χ2v) is 7.49. The molecule has 2 atom stereocenters. The van der Waals surface area contributed by atoms with Gasteiger partial charge in [-0.1, -0.05) is 19.8 Å². The third-order valence-corrected chi connectivity index (χ3v) is 5.01. The molecule has 118 valence electrons. The minimum absolute atomic E-state index is 0.484. The second-order valence-electron chi connectivity index (χ2n) is 7.49. The van der Waals surface area contributed by atoms with Gasteiger partial charge in [0, 0.05) is 26.2 Å². The fourth-order valence-corrected chi connectivity index (χ4v) is 3.91. The van der Waals surface area contributed by atoms with E-state index in [1.54, 1.807) is 0 Å². The lowest BCUT2D eigenvalue weighted by molar-refractivity contribution is 0.0632. The number of nitrogens with zero attached hydrogens (tertiary/aromatic N) is 1. The lowest BCUT2D eigenvalue weighted by Crippen LogP contribution is -2.45. The van der Waals surface area contributed by atoms with E-state index in [1.165, 1.54) is 45.1 Å². The Balaban J connectivity index is 1.71. The van der Waals surface area contributed by atoms with Crippen LogP contribution in [0.5, 0.6) is 0 Å². The predicted octanol–water partition coefficient (Wildman–Crippen LogP) is 2.76. The van der Waals surface area contributed by atoms with E-state index >= 15 is 0 Å². The van der Waals surface area contributed by atoms with Gasteiger partial charge in [0.05, 0.1) is 6.61 Å². The molecule has 3 nitrogen and oxygen atoms in total. The van der Waals surface area contributed by atoms with Gasteiger partial charge in [-0.2, -0.15) is 0 Å². The smallest absolute Gasteiger partial charge is 0.0593 e. The highest BCUT2D eigenvalue weighted by molar-refractivity contribution is 4.89. The number of hydrogen-bond acceptors (Lipinski definition) is 3. The van der Waals surface area contributed by atoms with E-state index in [4.69, 9.17) is 4.74 Å². The van der Waals surface area contributed by atoms with Crippen molar-refractivity contribution in [2.45, 2.75) is 45.4 Å². The summed E-state index contributed by atoms with van der Waals surface area (Å²) in [5, 5.41) is 3.44. The molecule has 0 aromatic heterocycles. The van der Waals surface area contributed by atoms with Crippen LogP contribution in [0.15, 0.2) is 0 Å². The zero-order chi connectivity index (χ0) is 14.4. The molecule has 0 radical (unpaired) electrons. The van der Waals surface area contributed by atoms with Crippen LogP contribution < -0.4 is 5.32 Å². The second kappa shape index (κ2) is 7.77. The molecule has 2 fully saturated rings. The molecule has 0 amide bonds. The van der Waals surface area contributed by atoms with Crippen molar-refractivity contribution in [2.24, 2.45) is 17.3 Å². The number of ether oxygens (including phenoxy) is 1. The lowest BCUT2D eigenvalue weighted by atomic mass is 9.69. The first-order valence-electron chi connectivity index (χ1n) is 8.54. The Labute approximate surface area is 125 Å². The summed E-state index contributed by atoms with van der Waals surface area (Å²) in [5.74, 6) is 1.77. The molecule has 0 aromatic rings. The zero-order valence-corrected chi connectivity index (χ0v) is 13.8. The Morgan fingerprint density at radius 2 is 2.10 bits per heavy atom. The molecule has 20 heavy (non-hydrogen) atoms. The molecule has 0 heterocycles. The molecule has 2 aliphatic carbocycles. The van der Waals surface area contributed by atoms with E-state index in [2.05, 4.69) is 31.2 Å². The van der Waals surface area contributed by atoms with Crippen LogP contribution in [0.4, 0.5) is 0 Å². The molecule has 0 aliphatic heterocycles. The average molecular weight is 282 g/mol. The van der Waals surface area contributed by atoms with E-state index in [1.807, 2.05) is 0 Å². The summed E-state index contributed by atoms with van der Waals surface area (Å²) in [6.07, 6.45) is 8.35. The molecule has 0 spiro atoms. The fourth-order valence-electron chi connectivity index (χ4n) is 3.91. The molecule has 2 rings (SSSR count). The van der Waals surface area contributed by atoms with Crippen molar-refractivity contribution in [3.8, 4) is 0 Å². The first-order chi connectivity index (χ1) is 9.63. The van der Waals surface area contributed by atoms with Crippen LogP contribution in [0.3, 0.4) is 0 Å². The Morgan fingerprint density at radius 3 is 2.75 bits per heavy atom. The zero-order valence-electron chi connectivity index (χ0n) is 13.8. The molecule has 0 saturated heterocycles. The first kappa shape index (κ1) is 16.3. The highest BCUT2D eigenvalue weighted by atomic mass is 16.5. The van der Waals surface area contributed by atoms with Crippen LogP contribution in [0.1, 0.15) is 45.4 Å². The molecule has 2 saturated carbocycles. The van der Waals surface area contributed by atoms with Crippen molar-refractivity contribution < 1.29 is 4.74 Å². The number of nitrogens with one attached hydrogen (secondary N) is 1. The molecule has 0 aromatic carbocycles. The van der Waals surface area contributed by atoms with Crippen molar-refractivity contribution >= 4 is 0 Å². The molecular formula is C17H34N2O. The van der Waals surface area contributed by atoms with E-state index in [9.17, 15) is 0 Å². The topological polar surface area (TPSA) is 24.5 Å². The SMILES string of the molecule is CNCC1(CN(C)CCOCC2CC2)CCCC(C)C1. The van der Waals surface area contributed by atoms with Crippen LogP contribution >= 0.6 is 0 Å². The van der Waals surface area contributed by atoms with Crippen LogP contribution in [0.2, 0.25) is 0 Å². The summed E-state index contributed by atoms with van der Waals surface area (Å²) in [5.41, 5.74) is 0.484. The summed E-state index contributed by atoms with van der Waals surface area (Å²) in [4.78, 5) is 2.49. The van der Waals surface area contributed by atoms with Gasteiger partial charge in [-0.05, 0) is 57.0 Å². The monoisotopic (exact) mass is 282 g/mol. The first-order valence-corrected chi connectivity index (χ1v) is 8.54. The van der Waals surface area contributed by atoms with Crippen molar-refractivity contribution in [1.29, 1.82) is 0 Å². The average Bonchev–Trinajstić information content (AvgIpc) is 3.19. The maximum absolute atomic E-state index is 5.77. The van der Waals surface area contributed by atoms with Gasteiger partial charge in [0.15, 0.2) is 0 Å². The molecule has 2 unspecified atom stereocenters. The number of rotatable bonds is 9. The maximum Gasteiger partial charge on any atom is 0.0593 e. The largest absolute Gasteiger partial charge is 0.380 e. The highest BCUT2D eigenvalue weighted by Gasteiger charge is 2.35. The number of likely N-dealkylation sites (N-methyl/N-ethyl adjacent to an activating group) is 1. The molecular weight excluding hydrogens is 248 g/mol. The molecule has 0 bridgehead atoms. The third-order valence-electron chi connectivity index (χ3n) is 5.01. The summed E-state index contributed by atoms with van der Waals surface area (Å²) >= 11 is 0. The van der Waals surface area contributed by atoms with Crippen LogP contribution in [0, 0.1) is 17.3 Å². The van der Waals surface area contributed by atoms with Crippen molar-refractivity contribution in [3.63, 3.8) is 0 Å². The van der Waals surface area contributed by atoms with Gasteiger partial charge in [0.2, 0.25) is 0 Å². The standard InChI is InChI=1S/C17H34N2O/c1-15-5-4-8-17(11-15,13-18-2)14-19(3)9-10-20-12-16-6-7-16/h15-16,18H,4-14H2,1-3H3. The predicted molar refractivity (Wildman–Crippen MR) is 85.0 cm³/mol. The van der Waals surface area contributed by atoms with Gasteiger partial charge in [-0.3, -0.25) is 0 Å². The van der Waals surface area contributed by atoms with Gasteiger partial charge < -0.3 is 15.0 Å². The van der Waals surface area contributed by atoms with Gasteiger partial charge in [-0.25, -0.2) is 0 Å². The van der Waals surface area contributed by atoms with E-state index < -0.39 is 0 Å². The normalized spacial score (nSPS) is 30.9. The maximum atomic E-state index is 5.77. The highest BCUT2D eigenvalue weighted by Crippen LogP contribution is 2.39.